The van der Waals surface area contributed by atoms with E-state index >= 15 is 0 Å². The number of anilines is 1. The topological polar surface area (TPSA) is 84.7 Å². The van der Waals surface area contributed by atoms with Crippen molar-refractivity contribution in [2.45, 2.75) is 27.3 Å². The summed E-state index contributed by atoms with van der Waals surface area (Å²) in [7, 11) is 3.20. The highest BCUT2D eigenvalue weighted by molar-refractivity contribution is 14.0. The van der Waals surface area contributed by atoms with Crippen LogP contribution in [0.4, 0.5) is 5.69 Å². The lowest BCUT2D eigenvalue weighted by Gasteiger charge is -2.11. The first kappa shape index (κ1) is 21.9. The molecule has 1 heterocycles. The average Bonchev–Trinajstić information content (AvgIpc) is 2.94. The van der Waals surface area contributed by atoms with Gasteiger partial charge in [0, 0.05) is 22.8 Å². The van der Waals surface area contributed by atoms with Crippen LogP contribution < -0.4 is 20.5 Å². The minimum absolute atomic E-state index is 0. The number of nitrogens with two attached hydrogens (primary N) is 1. The van der Waals surface area contributed by atoms with E-state index in [0.29, 0.717) is 24.0 Å². The number of fused-ring (bicyclic) bond motifs is 1. The van der Waals surface area contributed by atoms with Crippen LogP contribution in [0.1, 0.15) is 22.4 Å². The molecule has 7 heteroatoms. The molecule has 0 radical (unpaired) electrons. The lowest BCUT2D eigenvalue weighted by atomic mass is 10.0. The number of halogens is 1. The van der Waals surface area contributed by atoms with Crippen LogP contribution in [0.5, 0.6) is 11.5 Å². The summed E-state index contributed by atoms with van der Waals surface area (Å²) < 4.78 is 10.6. The van der Waals surface area contributed by atoms with Crippen molar-refractivity contribution in [3.63, 3.8) is 0 Å². The van der Waals surface area contributed by atoms with Gasteiger partial charge in [-0.1, -0.05) is 11.6 Å². The van der Waals surface area contributed by atoms with Crippen LogP contribution in [0.25, 0.3) is 10.9 Å². The van der Waals surface area contributed by atoms with Gasteiger partial charge in [0.2, 0.25) is 0 Å². The molecule has 0 unspecified atom stereocenters. The zero-order chi connectivity index (χ0) is 19.6. The molecule has 3 rings (SSSR count). The molecular weight excluding hydrogens is 467 g/mol. The number of ether oxygens (including phenoxy) is 2. The number of nitrogens with one attached hydrogen (secondary N) is 2. The summed E-state index contributed by atoms with van der Waals surface area (Å²) in [5.41, 5.74) is 12.8. The maximum Gasteiger partial charge on any atom is 0.193 e. The van der Waals surface area contributed by atoms with E-state index in [0.717, 1.165) is 16.8 Å². The Morgan fingerprint density at radius 2 is 1.79 bits per heavy atom. The zero-order valence-electron chi connectivity index (χ0n) is 16.8. The van der Waals surface area contributed by atoms with Gasteiger partial charge in [-0.15, -0.1) is 24.0 Å². The SMILES string of the molecule is COc1ccc(NC(N)=NCc2cc(C)cc3c(C)c(C)[nH]c23)cc1OC.I. The van der Waals surface area contributed by atoms with E-state index in [4.69, 9.17) is 15.2 Å². The van der Waals surface area contributed by atoms with Gasteiger partial charge in [-0.2, -0.15) is 0 Å². The molecule has 0 bridgehead atoms. The number of hydrogen-bond acceptors (Lipinski definition) is 3. The zero-order valence-corrected chi connectivity index (χ0v) is 19.2. The summed E-state index contributed by atoms with van der Waals surface area (Å²) in [5.74, 6) is 1.64. The minimum atomic E-state index is 0. The molecule has 0 spiro atoms. The van der Waals surface area contributed by atoms with E-state index < -0.39 is 0 Å². The number of H-pyrrole nitrogens is 1. The predicted octanol–water partition coefficient (Wildman–Crippen LogP) is 4.66. The number of hydrogen-bond donors (Lipinski definition) is 3. The molecule has 0 aliphatic heterocycles. The maximum atomic E-state index is 6.09. The molecule has 1 aromatic heterocycles. The Balaban J connectivity index is 0.00000280. The van der Waals surface area contributed by atoms with Crippen molar-refractivity contribution < 1.29 is 9.47 Å². The van der Waals surface area contributed by atoms with Crippen molar-refractivity contribution in [3.05, 3.63) is 52.7 Å². The Morgan fingerprint density at radius 3 is 2.46 bits per heavy atom. The third-order valence-corrected chi connectivity index (χ3v) is 4.72. The molecule has 28 heavy (non-hydrogen) atoms. The van der Waals surface area contributed by atoms with Gasteiger partial charge >= 0.3 is 0 Å². The maximum absolute atomic E-state index is 6.09. The van der Waals surface area contributed by atoms with Gasteiger partial charge in [-0.3, -0.25) is 0 Å². The fourth-order valence-corrected chi connectivity index (χ4v) is 3.18. The largest absolute Gasteiger partial charge is 0.493 e. The summed E-state index contributed by atoms with van der Waals surface area (Å²) in [4.78, 5) is 7.97. The van der Waals surface area contributed by atoms with Crippen molar-refractivity contribution in [2.75, 3.05) is 19.5 Å². The third kappa shape index (κ3) is 4.52. The van der Waals surface area contributed by atoms with E-state index in [2.05, 4.69) is 48.2 Å². The molecule has 4 N–H and O–H groups in total. The monoisotopic (exact) mass is 494 g/mol. The molecule has 0 atom stereocenters. The molecule has 3 aromatic rings. The first-order chi connectivity index (χ1) is 12.9. The van der Waals surface area contributed by atoms with E-state index in [1.165, 1.54) is 22.2 Å². The van der Waals surface area contributed by atoms with Crippen LogP contribution in [0.15, 0.2) is 35.3 Å². The van der Waals surface area contributed by atoms with Crippen LogP contribution >= 0.6 is 24.0 Å². The van der Waals surface area contributed by atoms with Gasteiger partial charge < -0.3 is 25.5 Å². The number of aromatic nitrogens is 1. The molecule has 150 valence electrons. The predicted molar refractivity (Wildman–Crippen MR) is 126 cm³/mol. The number of guanidine groups is 1. The third-order valence-electron chi connectivity index (χ3n) is 4.72. The number of nitrogens with zero attached hydrogens (tertiary/aromatic N) is 1. The van der Waals surface area contributed by atoms with Gasteiger partial charge in [-0.25, -0.2) is 4.99 Å². The second kappa shape index (κ2) is 9.18. The first-order valence-corrected chi connectivity index (χ1v) is 8.80. The summed E-state index contributed by atoms with van der Waals surface area (Å²) >= 11 is 0. The Labute approximate surface area is 182 Å². The summed E-state index contributed by atoms with van der Waals surface area (Å²) in [6.07, 6.45) is 0. The van der Waals surface area contributed by atoms with Crippen LogP contribution in [-0.4, -0.2) is 25.2 Å². The van der Waals surface area contributed by atoms with Crippen molar-refractivity contribution >= 4 is 46.5 Å². The number of methoxy groups -OCH3 is 2. The number of benzene rings is 2. The van der Waals surface area contributed by atoms with E-state index in [1.807, 2.05) is 18.2 Å². The summed E-state index contributed by atoms with van der Waals surface area (Å²) in [6.45, 7) is 6.81. The lowest BCUT2D eigenvalue weighted by molar-refractivity contribution is 0.355. The number of aryl methyl sites for hydroxylation is 3. The highest BCUT2D eigenvalue weighted by Crippen LogP contribution is 2.30. The molecular formula is C21H27IN4O2. The van der Waals surface area contributed by atoms with E-state index in [1.54, 1.807) is 14.2 Å². The van der Waals surface area contributed by atoms with Crippen LogP contribution in [0, 0.1) is 20.8 Å². The lowest BCUT2D eigenvalue weighted by Crippen LogP contribution is -2.22. The van der Waals surface area contributed by atoms with Crippen molar-refractivity contribution in [3.8, 4) is 11.5 Å². The Morgan fingerprint density at radius 1 is 1.07 bits per heavy atom. The van der Waals surface area contributed by atoms with E-state index in [-0.39, 0.29) is 24.0 Å². The molecule has 0 aliphatic carbocycles. The number of rotatable bonds is 5. The van der Waals surface area contributed by atoms with Gasteiger partial charge in [-0.05, 0) is 50.1 Å². The average molecular weight is 494 g/mol. The highest BCUT2D eigenvalue weighted by atomic mass is 127. The number of aliphatic imine (C=N–C) groups is 1. The van der Waals surface area contributed by atoms with Crippen molar-refractivity contribution in [2.24, 2.45) is 10.7 Å². The van der Waals surface area contributed by atoms with Gasteiger partial charge in [0.1, 0.15) is 0 Å². The first-order valence-electron chi connectivity index (χ1n) is 8.80. The molecule has 2 aromatic carbocycles. The summed E-state index contributed by atoms with van der Waals surface area (Å²) in [5, 5.41) is 4.34. The molecule has 0 fully saturated rings. The molecule has 0 aliphatic rings. The molecule has 0 saturated carbocycles. The molecule has 0 saturated heterocycles. The van der Waals surface area contributed by atoms with Crippen LogP contribution in [-0.2, 0) is 6.54 Å². The fourth-order valence-electron chi connectivity index (χ4n) is 3.18. The number of aromatic amines is 1. The van der Waals surface area contributed by atoms with Gasteiger partial charge in [0.05, 0.1) is 26.3 Å². The van der Waals surface area contributed by atoms with Crippen LogP contribution in [0.3, 0.4) is 0 Å². The minimum Gasteiger partial charge on any atom is -0.493 e. The molecule has 6 nitrogen and oxygen atoms in total. The van der Waals surface area contributed by atoms with Crippen molar-refractivity contribution in [1.29, 1.82) is 0 Å². The van der Waals surface area contributed by atoms with Crippen LogP contribution in [0.2, 0.25) is 0 Å². The molecule has 0 amide bonds. The quantitative estimate of drug-likeness (QED) is 0.274. The Kier molecular flexibility index (Phi) is 7.17. The highest BCUT2D eigenvalue weighted by Gasteiger charge is 2.10. The smallest absolute Gasteiger partial charge is 0.193 e. The second-order valence-corrected chi connectivity index (χ2v) is 6.62. The normalized spacial score (nSPS) is 11.2. The summed E-state index contributed by atoms with van der Waals surface area (Å²) in [6, 6.07) is 9.86. The Bertz CT molecular complexity index is 1010. The fraction of sp³-hybridized carbons (Fsp3) is 0.286. The standard InChI is InChI=1S/C21H26N4O2.HI/c1-12-8-15(20-17(9-12)13(2)14(3)24-20)11-23-21(22)25-16-6-7-18(26-4)19(10-16)27-5;/h6-10,24H,11H2,1-5H3,(H3,22,23,25);1H. The van der Waals surface area contributed by atoms with E-state index in [9.17, 15) is 0 Å². The van der Waals surface area contributed by atoms with Crippen molar-refractivity contribution in [1.82, 2.24) is 4.98 Å². The van der Waals surface area contributed by atoms with Gasteiger partial charge in [0.25, 0.3) is 0 Å². The van der Waals surface area contributed by atoms with Gasteiger partial charge in [0.15, 0.2) is 17.5 Å². The Hall–Kier alpha value is -2.42. The second-order valence-electron chi connectivity index (χ2n) is 6.62.